The van der Waals surface area contributed by atoms with Crippen molar-refractivity contribution in [3.05, 3.63) is 34.9 Å². The number of hydrogen-bond donors (Lipinski definition) is 2. The molecule has 0 spiro atoms. The van der Waals surface area contributed by atoms with Crippen molar-refractivity contribution in [2.24, 2.45) is 0 Å². The van der Waals surface area contributed by atoms with Gasteiger partial charge in [-0.3, -0.25) is 19.7 Å². The highest BCUT2D eigenvalue weighted by Gasteiger charge is 2.38. The molecule has 2 N–H and O–H groups in total. The van der Waals surface area contributed by atoms with Crippen LogP contribution in [0.5, 0.6) is 0 Å². The summed E-state index contributed by atoms with van der Waals surface area (Å²) >= 11 is 0. The lowest BCUT2D eigenvalue weighted by molar-refractivity contribution is -0.136. The fourth-order valence-corrected chi connectivity index (χ4v) is 2.98. The van der Waals surface area contributed by atoms with Gasteiger partial charge < -0.3 is 10.0 Å². The molecule has 124 valence electrons. The molecule has 1 unspecified atom stereocenters. The zero-order valence-electron chi connectivity index (χ0n) is 13.2. The molecule has 0 aromatic heterocycles. The molecular formula is C18H18N2O4. The van der Waals surface area contributed by atoms with Crippen LogP contribution in [0.4, 0.5) is 0 Å². The minimum atomic E-state index is -0.596. The van der Waals surface area contributed by atoms with Gasteiger partial charge in [0.2, 0.25) is 11.8 Å². The summed E-state index contributed by atoms with van der Waals surface area (Å²) in [7, 11) is 0. The summed E-state index contributed by atoms with van der Waals surface area (Å²) in [5, 5.41) is 11.0. The lowest BCUT2D eigenvalue weighted by Crippen LogP contribution is -2.52. The number of aliphatic hydroxyl groups excluding tert-OH is 1. The van der Waals surface area contributed by atoms with Gasteiger partial charge in [-0.25, -0.2) is 0 Å². The molecule has 6 heteroatoms. The summed E-state index contributed by atoms with van der Waals surface area (Å²) in [6, 6.07) is 4.79. The summed E-state index contributed by atoms with van der Waals surface area (Å²) < 4.78 is 0. The number of carbonyl (C=O) groups is 3. The first-order valence-electron chi connectivity index (χ1n) is 7.97. The molecule has 6 nitrogen and oxygen atoms in total. The number of unbranched alkanes of at least 4 members (excludes halogenated alkanes) is 1. The topological polar surface area (TPSA) is 86.7 Å². The Morgan fingerprint density at radius 3 is 2.88 bits per heavy atom. The van der Waals surface area contributed by atoms with Gasteiger partial charge in [-0.15, -0.1) is 0 Å². The third-order valence-corrected chi connectivity index (χ3v) is 4.22. The van der Waals surface area contributed by atoms with Crippen molar-refractivity contribution in [2.75, 3.05) is 6.61 Å². The number of piperidine rings is 1. The molecule has 0 aliphatic carbocycles. The molecule has 1 atom stereocenters. The minimum absolute atomic E-state index is 0.119. The van der Waals surface area contributed by atoms with Crippen LogP contribution in [-0.2, 0) is 16.1 Å². The molecule has 1 fully saturated rings. The van der Waals surface area contributed by atoms with Crippen molar-refractivity contribution >= 4 is 17.7 Å². The van der Waals surface area contributed by atoms with E-state index in [-0.39, 0.29) is 24.8 Å². The smallest absolute Gasteiger partial charge is 0.255 e. The Labute approximate surface area is 139 Å². The summed E-state index contributed by atoms with van der Waals surface area (Å²) in [5.41, 5.74) is 2.24. The van der Waals surface area contributed by atoms with Crippen LogP contribution in [0.1, 0.15) is 47.2 Å². The Kier molecular flexibility index (Phi) is 4.63. The monoisotopic (exact) mass is 326 g/mol. The SMILES string of the molecule is O=C1CCC(N2Cc3cc(C#CCCCO)ccc3C2=O)C(=O)N1. The van der Waals surface area contributed by atoms with Crippen LogP contribution in [0, 0.1) is 11.8 Å². The molecule has 3 amide bonds. The third-order valence-electron chi connectivity index (χ3n) is 4.22. The third kappa shape index (κ3) is 3.17. The second-order valence-corrected chi connectivity index (χ2v) is 5.90. The Morgan fingerprint density at radius 1 is 1.29 bits per heavy atom. The van der Waals surface area contributed by atoms with Crippen molar-refractivity contribution in [3.63, 3.8) is 0 Å². The Balaban J connectivity index is 1.76. The summed E-state index contributed by atoms with van der Waals surface area (Å²) in [6.07, 6.45) is 1.87. The number of carbonyl (C=O) groups excluding carboxylic acids is 3. The van der Waals surface area contributed by atoms with Gasteiger partial charge in [0.15, 0.2) is 0 Å². The summed E-state index contributed by atoms with van der Waals surface area (Å²) in [6.45, 7) is 0.473. The van der Waals surface area contributed by atoms with Crippen molar-refractivity contribution in [1.82, 2.24) is 10.2 Å². The number of hydrogen-bond acceptors (Lipinski definition) is 4. The fourth-order valence-electron chi connectivity index (χ4n) is 2.98. The van der Waals surface area contributed by atoms with E-state index in [2.05, 4.69) is 17.2 Å². The average molecular weight is 326 g/mol. The van der Waals surface area contributed by atoms with E-state index in [0.717, 1.165) is 11.1 Å². The van der Waals surface area contributed by atoms with Crippen molar-refractivity contribution in [2.45, 2.75) is 38.3 Å². The molecule has 1 saturated heterocycles. The lowest BCUT2D eigenvalue weighted by Gasteiger charge is -2.29. The van der Waals surface area contributed by atoms with Gasteiger partial charge in [-0.1, -0.05) is 11.8 Å². The number of benzene rings is 1. The standard InChI is InChI=1S/C18H18N2O4/c21-9-3-1-2-4-12-5-6-14-13(10-12)11-20(18(14)24)15-7-8-16(22)19-17(15)23/h5-6,10,15,21H,1,3,7-9,11H2,(H,19,22,23). The van der Waals surface area contributed by atoms with E-state index < -0.39 is 11.9 Å². The highest BCUT2D eigenvalue weighted by molar-refractivity contribution is 6.05. The van der Waals surface area contributed by atoms with Crippen LogP contribution >= 0.6 is 0 Å². The predicted octanol–water partition coefficient (Wildman–Crippen LogP) is 0.572. The zero-order valence-corrected chi connectivity index (χ0v) is 13.2. The Morgan fingerprint density at radius 2 is 2.12 bits per heavy atom. The number of imide groups is 1. The molecule has 3 rings (SSSR count). The summed E-state index contributed by atoms with van der Waals surface area (Å²) in [4.78, 5) is 37.3. The molecule has 0 saturated carbocycles. The van der Waals surface area contributed by atoms with Gasteiger partial charge in [-0.2, -0.15) is 0 Å². The van der Waals surface area contributed by atoms with Crippen LogP contribution in [0.25, 0.3) is 0 Å². The molecule has 1 aromatic rings. The van der Waals surface area contributed by atoms with Crippen molar-refractivity contribution < 1.29 is 19.5 Å². The van der Waals surface area contributed by atoms with Crippen LogP contribution < -0.4 is 5.32 Å². The van der Waals surface area contributed by atoms with E-state index in [1.807, 2.05) is 6.07 Å². The first-order chi connectivity index (χ1) is 11.6. The van der Waals surface area contributed by atoms with E-state index in [9.17, 15) is 14.4 Å². The van der Waals surface area contributed by atoms with Gasteiger partial charge in [0.1, 0.15) is 6.04 Å². The molecule has 2 aliphatic heterocycles. The number of nitrogens with one attached hydrogen (secondary N) is 1. The van der Waals surface area contributed by atoms with Crippen LogP contribution in [0.3, 0.4) is 0 Å². The lowest BCUT2D eigenvalue weighted by atomic mass is 10.0. The predicted molar refractivity (Wildman–Crippen MR) is 85.7 cm³/mol. The average Bonchev–Trinajstić information content (AvgIpc) is 2.88. The fraction of sp³-hybridized carbons (Fsp3) is 0.389. The molecule has 2 aliphatic rings. The van der Waals surface area contributed by atoms with E-state index in [0.29, 0.717) is 31.4 Å². The number of fused-ring (bicyclic) bond motifs is 1. The second-order valence-electron chi connectivity index (χ2n) is 5.90. The molecule has 2 heterocycles. The highest BCUT2D eigenvalue weighted by atomic mass is 16.3. The number of rotatable bonds is 3. The molecule has 0 bridgehead atoms. The van der Waals surface area contributed by atoms with Crippen LogP contribution in [-0.4, -0.2) is 40.4 Å². The van der Waals surface area contributed by atoms with E-state index in [1.165, 1.54) is 4.90 Å². The quantitative estimate of drug-likeness (QED) is 0.483. The van der Waals surface area contributed by atoms with Gasteiger partial charge in [-0.05, 0) is 36.6 Å². The molecule has 1 aromatic carbocycles. The highest BCUT2D eigenvalue weighted by Crippen LogP contribution is 2.28. The second kappa shape index (κ2) is 6.85. The van der Waals surface area contributed by atoms with Gasteiger partial charge >= 0.3 is 0 Å². The maximum absolute atomic E-state index is 12.5. The van der Waals surface area contributed by atoms with E-state index in [4.69, 9.17) is 5.11 Å². The van der Waals surface area contributed by atoms with Crippen LogP contribution in [0.15, 0.2) is 18.2 Å². The maximum atomic E-state index is 12.5. The number of aliphatic hydroxyl groups is 1. The maximum Gasteiger partial charge on any atom is 0.255 e. The van der Waals surface area contributed by atoms with Crippen molar-refractivity contribution in [1.29, 1.82) is 0 Å². The van der Waals surface area contributed by atoms with Gasteiger partial charge in [0.25, 0.3) is 5.91 Å². The van der Waals surface area contributed by atoms with E-state index in [1.54, 1.807) is 12.1 Å². The van der Waals surface area contributed by atoms with Gasteiger partial charge in [0, 0.05) is 37.1 Å². The Hall–Kier alpha value is -2.65. The normalized spacial score (nSPS) is 19.6. The molecule has 24 heavy (non-hydrogen) atoms. The zero-order chi connectivity index (χ0) is 17.1. The van der Waals surface area contributed by atoms with Gasteiger partial charge in [0.05, 0.1) is 0 Å². The summed E-state index contributed by atoms with van der Waals surface area (Å²) in [5.74, 6) is 5.12. The number of nitrogens with zero attached hydrogens (tertiary/aromatic N) is 1. The Bertz CT molecular complexity index is 760. The van der Waals surface area contributed by atoms with E-state index >= 15 is 0 Å². The van der Waals surface area contributed by atoms with Crippen LogP contribution in [0.2, 0.25) is 0 Å². The number of amides is 3. The largest absolute Gasteiger partial charge is 0.396 e. The molecular weight excluding hydrogens is 308 g/mol. The first kappa shape index (κ1) is 16.2. The van der Waals surface area contributed by atoms with Crippen molar-refractivity contribution in [3.8, 4) is 11.8 Å². The minimum Gasteiger partial charge on any atom is -0.396 e. The molecule has 0 radical (unpaired) electrons. The first-order valence-corrected chi connectivity index (χ1v) is 7.97.